The van der Waals surface area contributed by atoms with Gasteiger partial charge in [0.15, 0.2) is 9.84 Å². The third-order valence-corrected chi connectivity index (χ3v) is 4.14. The first-order valence-electron chi connectivity index (χ1n) is 4.64. The summed E-state index contributed by atoms with van der Waals surface area (Å²) in [5.74, 6) is 0.632. The van der Waals surface area contributed by atoms with E-state index in [2.05, 4.69) is 18.8 Å². The molecule has 0 aromatic carbocycles. The molecule has 76 valence electrons. The summed E-state index contributed by atoms with van der Waals surface area (Å²) in [6.07, 6.45) is 1.70. The molecule has 13 heavy (non-hydrogen) atoms. The predicted molar refractivity (Wildman–Crippen MR) is 54.5 cm³/mol. The summed E-state index contributed by atoms with van der Waals surface area (Å²) in [5, 5.41) is 3.21. The van der Waals surface area contributed by atoms with Crippen LogP contribution in [0.15, 0.2) is 12.2 Å². The predicted octanol–water partition coefficient (Wildman–Crippen LogP) is 0.729. The van der Waals surface area contributed by atoms with Crippen molar-refractivity contribution in [1.29, 1.82) is 0 Å². The summed E-state index contributed by atoms with van der Waals surface area (Å²) in [5.41, 5.74) is 1.13. The minimum absolute atomic E-state index is 0.147. The summed E-state index contributed by atoms with van der Waals surface area (Å²) in [6.45, 7) is 6.66. The third-order valence-electron chi connectivity index (χ3n) is 2.37. The van der Waals surface area contributed by atoms with Crippen molar-refractivity contribution in [2.75, 3.05) is 18.1 Å². The smallest absolute Gasteiger partial charge is 0.151 e. The molecule has 1 heterocycles. The molecule has 1 saturated heterocycles. The van der Waals surface area contributed by atoms with Crippen LogP contribution >= 0.6 is 0 Å². The van der Waals surface area contributed by atoms with Gasteiger partial charge >= 0.3 is 0 Å². The van der Waals surface area contributed by atoms with Crippen molar-refractivity contribution in [3.8, 4) is 0 Å². The molecule has 0 saturated carbocycles. The maximum Gasteiger partial charge on any atom is 0.151 e. The van der Waals surface area contributed by atoms with Crippen LogP contribution in [0.1, 0.15) is 19.8 Å². The molecule has 1 fully saturated rings. The van der Waals surface area contributed by atoms with Crippen LogP contribution in [0.4, 0.5) is 0 Å². The Morgan fingerprint density at radius 3 is 2.77 bits per heavy atom. The molecule has 0 aromatic heterocycles. The average Bonchev–Trinajstić information content (AvgIpc) is 2.41. The number of sulfone groups is 1. The highest BCUT2D eigenvalue weighted by Crippen LogP contribution is 2.11. The van der Waals surface area contributed by atoms with Gasteiger partial charge in [0.25, 0.3) is 0 Å². The van der Waals surface area contributed by atoms with E-state index >= 15 is 0 Å². The Balaban J connectivity index is 2.29. The van der Waals surface area contributed by atoms with Crippen LogP contribution in [0, 0.1) is 0 Å². The molecule has 0 amide bonds. The van der Waals surface area contributed by atoms with E-state index in [-0.39, 0.29) is 6.04 Å². The number of hydrogen-bond acceptors (Lipinski definition) is 3. The second-order valence-electron chi connectivity index (χ2n) is 3.58. The van der Waals surface area contributed by atoms with Crippen LogP contribution in [-0.2, 0) is 9.84 Å². The zero-order valence-corrected chi connectivity index (χ0v) is 8.86. The summed E-state index contributed by atoms with van der Waals surface area (Å²) in [7, 11) is -2.74. The lowest BCUT2D eigenvalue weighted by Crippen LogP contribution is -2.31. The van der Waals surface area contributed by atoms with E-state index in [1.807, 2.05) is 0 Å². The topological polar surface area (TPSA) is 46.2 Å². The van der Waals surface area contributed by atoms with Crippen LogP contribution in [-0.4, -0.2) is 32.5 Å². The maximum atomic E-state index is 11.1. The second-order valence-corrected chi connectivity index (χ2v) is 5.81. The van der Waals surface area contributed by atoms with Crippen LogP contribution < -0.4 is 5.32 Å². The summed E-state index contributed by atoms with van der Waals surface area (Å²) in [6, 6.07) is 0.147. The van der Waals surface area contributed by atoms with E-state index in [0.29, 0.717) is 11.5 Å². The van der Waals surface area contributed by atoms with E-state index in [9.17, 15) is 8.42 Å². The first-order chi connectivity index (χ1) is 6.03. The molecule has 1 aliphatic heterocycles. The minimum atomic E-state index is -2.74. The number of nitrogens with one attached hydrogen (secondary N) is 1. The SMILES string of the molecule is C=C(CC)CNC1CCS(=O)(=O)C1. The lowest BCUT2D eigenvalue weighted by molar-refractivity contribution is 0.575. The third kappa shape index (κ3) is 3.48. The fraction of sp³-hybridized carbons (Fsp3) is 0.778. The van der Waals surface area contributed by atoms with Gasteiger partial charge in [-0.2, -0.15) is 0 Å². The van der Waals surface area contributed by atoms with Gasteiger partial charge in [0.1, 0.15) is 0 Å². The molecular weight excluding hydrogens is 186 g/mol. The summed E-state index contributed by atoms with van der Waals surface area (Å²) in [4.78, 5) is 0. The molecule has 3 nitrogen and oxygen atoms in total. The van der Waals surface area contributed by atoms with Gasteiger partial charge in [0.05, 0.1) is 11.5 Å². The van der Waals surface area contributed by atoms with Crippen LogP contribution in [0.25, 0.3) is 0 Å². The monoisotopic (exact) mass is 203 g/mol. The van der Waals surface area contributed by atoms with Crippen LogP contribution in [0.2, 0.25) is 0 Å². The quantitative estimate of drug-likeness (QED) is 0.685. The molecule has 0 spiro atoms. The van der Waals surface area contributed by atoms with Crippen molar-refractivity contribution in [3.05, 3.63) is 12.2 Å². The van der Waals surface area contributed by atoms with Gasteiger partial charge in [0.2, 0.25) is 0 Å². The van der Waals surface area contributed by atoms with E-state index in [4.69, 9.17) is 0 Å². The molecule has 1 atom stereocenters. The Bertz CT molecular complexity index is 282. The Hall–Kier alpha value is -0.350. The molecule has 4 heteroatoms. The largest absolute Gasteiger partial charge is 0.309 e. The Kier molecular flexibility index (Phi) is 3.50. The first-order valence-corrected chi connectivity index (χ1v) is 6.46. The zero-order valence-electron chi connectivity index (χ0n) is 8.04. The molecule has 0 radical (unpaired) electrons. The molecule has 0 aliphatic carbocycles. The van der Waals surface area contributed by atoms with E-state index in [1.165, 1.54) is 0 Å². The van der Waals surface area contributed by atoms with E-state index < -0.39 is 9.84 Å². The number of hydrogen-bond donors (Lipinski definition) is 1. The summed E-state index contributed by atoms with van der Waals surface area (Å²) >= 11 is 0. The standard InChI is InChI=1S/C9H17NO2S/c1-3-8(2)6-10-9-4-5-13(11,12)7-9/h9-10H,2-7H2,1H3. The van der Waals surface area contributed by atoms with E-state index in [0.717, 1.165) is 25.0 Å². The van der Waals surface area contributed by atoms with Gasteiger partial charge in [-0.25, -0.2) is 8.42 Å². The Labute approximate surface area is 80.1 Å². The normalized spacial score (nSPS) is 26.1. The Morgan fingerprint density at radius 2 is 2.31 bits per heavy atom. The average molecular weight is 203 g/mol. The second kappa shape index (κ2) is 4.24. The maximum absolute atomic E-state index is 11.1. The van der Waals surface area contributed by atoms with Crippen molar-refractivity contribution in [2.45, 2.75) is 25.8 Å². The van der Waals surface area contributed by atoms with Crippen molar-refractivity contribution in [2.24, 2.45) is 0 Å². The Morgan fingerprint density at radius 1 is 1.62 bits per heavy atom. The molecular formula is C9H17NO2S. The zero-order chi connectivity index (χ0) is 9.90. The minimum Gasteiger partial charge on any atom is -0.309 e. The van der Waals surface area contributed by atoms with Crippen LogP contribution in [0.3, 0.4) is 0 Å². The molecule has 1 N–H and O–H groups in total. The molecule has 0 aromatic rings. The molecule has 1 aliphatic rings. The van der Waals surface area contributed by atoms with Crippen molar-refractivity contribution >= 4 is 9.84 Å². The van der Waals surface area contributed by atoms with Crippen molar-refractivity contribution in [3.63, 3.8) is 0 Å². The lowest BCUT2D eigenvalue weighted by Gasteiger charge is -2.10. The lowest BCUT2D eigenvalue weighted by atomic mass is 10.2. The number of rotatable bonds is 4. The highest BCUT2D eigenvalue weighted by Gasteiger charge is 2.26. The van der Waals surface area contributed by atoms with Crippen LogP contribution in [0.5, 0.6) is 0 Å². The van der Waals surface area contributed by atoms with E-state index in [1.54, 1.807) is 0 Å². The van der Waals surface area contributed by atoms with Gasteiger partial charge in [0, 0.05) is 12.6 Å². The molecule has 0 bridgehead atoms. The molecule has 1 rings (SSSR count). The fourth-order valence-corrected chi connectivity index (χ4v) is 3.08. The molecule has 1 unspecified atom stereocenters. The highest BCUT2D eigenvalue weighted by atomic mass is 32.2. The van der Waals surface area contributed by atoms with Gasteiger partial charge in [-0.15, -0.1) is 0 Å². The van der Waals surface area contributed by atoms with Gasteiger partial charge in [-0.3, -0.25) is 0 Å². The van der Waals surface area contributed by atoms with Gasteiger partial charge in [-0.05, 0) is 12.8 Å². The van der Waals surface area contributed by atoms with Gasteiger partial charge in [-0.1, -0.05) is 19.1 Å². The van der Waals surface area contributed by atoms with Gasteiger partial charge < -0.3 is 5.32 Å². The summed E-state index contributed by atoms with van der Waals surface area (Å²) < 4.78 is 22.2. The van der Waals surface area contributed by atoms with Crippen molar-refractivity contribution in [1.82, 2.24) is 5.32 Å². The van der Waals surface area contributed by atoms with Crippen molar-refractivity contribution < 1.29 is 8.42 Å². The first kappa shape index (κ1) is 10.7. The fourth-order valence-electron chi connectivity index (χ4n) is 1.37. The highest BCUT2D eigenvalue weighted by molar-refractivity contribution is 7.91.